The minimum Gasteiger partial charge on any atom is -0.494 e. The number of hydrogen-bond donors (Lipinski definition) is 0. The first kappa shape index (κ1) is 26.7. The van der Waals surface area contributed by atoms with Crippen LogP contribution in [-0.4, -0.2) is 6.61 Å². The predicted octanol–water partition coefficient (Wildman–Crippen LogP) is 9.64. The van der Waals surface area contributed by atoms with Crippen LogP contribution in [0.5, 0.6) is 5.75 Å². The molecule has 0 aliphatic carbocycles. The van der Waals surface area contributed by atoms with Crippen LogP contribution in [0, 0.1) is 11.3 Å². The predicted molar refractivity (Wildman–Crippen MR) is 142 cm³/mol. The number of nitriles is 1. The van der Waals surface area contributed by atoms with Crippen LogP contribution < -0.4 is 4.74 Å². The van der Waals surface area contributed by atoms with E-state index >= 15 is 0 Å². The molecule has 178 valence electrons. The average Bonchev–Trinajstić information content (AvgIpc) is 2.86. The smallest absolute Gasteiger partial charge is 0.119 e. The summed E-state index contributed by atoms with van der Waals surface area (Å²) >= 11 is 0. The van der Waals surface area contributed by atoms with E-state index < -0.39 is 0 Å². The molecule has 33 heavy (non-hydrogen) atoms. The van der Waals surface area contributed by atoms with Crippen LogP contribution in [0.3, 0.4) is 0 Å². The van der Waals surface area contributed by atoms with Crippen molar-refractivity contribution in [3.8, 4) is 22.9 Å². The van der Waals surface area contributed by atoms with E-state index in [4.69, 9.17) is 10.00 Å². The molecule has 0 fully saturated rings. The van der Waals surface area contributed by atoms with Gasteiger partial charge in [0, 0.05) is 0 Å². The summed E-state index contributed by atoms with van der Waals surface area (Å²) in [6.07, 6.45) is 23.3. The Morgan fingerprint density at radius 1 is 0.636 bits per heavy atom. The molecule has 0 radical (unpaired) electrons. The molecule has 0 unspecified atom stereocenters. The number of hydrogen-bond acceptors (Lipinski definition) is 2. The lowest BCUT2D eigenvalue weighted by Crippen LogP contribution is -1.97. The van der Waals surface area contributed by atoms with E-state index in [2.05, 4.69) is 37.3 Å². The number of rotatable bonds is 18. The zero-order valence-corrected chi connectivity index (χ0v) is 20.7. The van der Waals surface area contributed by atoms with E-state index in [-0.39, 0.29) is 0 Å². The number of benzene rings is 2. The summed E-state index contributed by atoms with van der Waals surface area (Å²) in [6, 6.07) is 18.1. The molecular weight excluding hydrogens is 402 g/mol. The molecule has 0 spiro atoms. The van der Waals surface area contributed by atoms with Crippen molar-refractivity contribution < 1.29 is 4.74 Å². The van der Waals surface area contributed by atoms with E-state index in [9.17, 15) is 0 Å². The average molecular weight is 446 g/mol. The van der Waals surface area contributed by atoms with Crippen molar-refractivity contribution in [1.82, 2.24) is 0 Å². The highest BCUT2D eigenvalue weighted by atomic mass is 16.5. The van der Waals surface area contributed by atoms with Crippen LogP contribution in [0.4, 0.5) is 0 Å². The molecular formula is C31H43NO. The molecule has 0 saturated heterocycles. The monoisotopic (exact) mass is 445 g/mol. The summed E-state index contributed by atoms with van der Waals surface area (Å²) in [5.74, 6) is 0.931. The molecule has 2 aromatic carbocycles. The molecule has 0 bridgehead atoms. The highest BCUT2D eigenvalue weighted by molar-refractivity contribution is 5.64. The molecule has 0 atom stereocenters. The molecule has 0 saturated carbocycles. The summed E-state index contributed by atoms with van der Waals surface area (Å²) < 4.78 is 5.90. The minimum atomic E-state index is 0.689. The summed E-state index contributed by atoms with van der Waals surface area (Å²) in [5, 5.41) is 8.91. The lowest BCUT2D eigenvalue weighted by atomic mass is 10.0. The van der Waals surface area contributed by atoms with Crippen LogP contribution in [0.15, 0.2) is 60.7 Å². The van der Waals surface area contributed by atoms with E-state index in [1.807, 2.05) is 36.4 Å². The molecule has 2 rings (SSSR count). The molecule has 0 amide bonds. The van der Waals surface area contributed by atoms with Gasteiger partial charge in [-0.2, -0.15) is 5.26 Å². The Morgan fingerprint density at radius 2 is 1.12 bits per heavy atom. The van der Waals surface area contributed by atoms with Crippen LogP contribution in [0.1, 0.15) is 102 Å². The fourth-order valence-corrected chi connectivity index (χ4v) is 4.02. The molecule has 0 aromatic heterocycles. The van der Waals surface area contributed by atoms with Gasteiger partial charge < -0.3 is 4.74 Å². The second-order valence-corrected chi connectivity index (χ2v) is 9.00. The molecule has 2 nitrogen and oxygen atoms in total. The Bertz CT molecular complexity index is 798. The highest BCUT2D eigenvalue weighted by Crippen LogP contribution is 2.23. The largest absolute Gasteiger partial charge is 0.494 e. The highest BCUT2D eigenvalue weighted by Gasteiger charge is 2.00. The third-order valence-corrected chi connectivity index (χ3v) is 6.13. The zero-order valence-electron chi connectivity index (χ0n) is 20.7. The third-order valence-electron chi connectivity index (χ3n) is 6.13. The first-order valence-electron chi connectivity index (χ1n) is 13.2. The van der Waals surface area contributed by atoms with Gasteiger partial charge in [-0.3, -0.25) is 0 Å². The Hall–Kier alpha value is -2.53. The van der Waals surface area contributed by atoms with Crippen molar-refractivity contribution in [1.29, 1.82) is 5.26 Å². The van der Waals surface area contributed by atoms with Gasteiger partial charge in [0.05, 0.1) is 18.2 Å². The number of nitrogens with zero attached hydrogens (tertiary/aromatic N) is 1. The molecule has 0 aliphatic rings. The van der Waals surface area contributed by atoms with Gasteiger partial charge in [0.1, 0.15) is 5.75 Å². The maximum Gasteiger partial charge on any atom is 0.119 e. The number of unbranched alkanes of at least 4 members (excludes halogenated alkanes) is 12. The normalized spacial score (nSPS) is 11.0. The van der Waals surface area contributed by atoms with Crippen LogP contribution in [0.2, 0.25) is 0 Å². The van der Waals surface area contributed by atoms with Gasteiger partial charge in [0.15, 0.2) is 0 Å². The van der Waals surface area contributed by atoms with Crippen molar-refractivity contribution in [3.05, 3.63) is 66.2 Å². The van der Waals surface area contributed by atoms with Crippen molar-refractivity contribution in [2.45, 2.75) is 96.8 Å². The van der Waals surface area contributed by atoms with Gasteiger partial charge >= 0.3 is 0 Å². The number of ether oxygens (including phenoxy) is 1. The summed E-state index contributed by atoms with van der Waals surface area (Å²) in [4.78, 5) is 0. The Morgan fingerprint density at radius 3 is 1.67 bits per heavy atom. The van der Waals surface area contributed by atoms with Crippen LogP contribution >= 0.6 is 0 Å². The summed E-state index contributed by atoms with van der Waals surface area (Å²) in [6.45, 7) is 3.07. The van der Waals surface area contributed by atoms with Gasteiger partial charge in [0.2, 0.25) is 0 Å². The maximum atomic E-state index is 8.91. The van der Waals surface area contributed by atoms with Crippen LogP contribution in [0.25, 0.3) is 11.1 Å². The summed E-state index contributed by atoms with van der Waals surface area (Å²) in [5.41, 5.74) is 2.95. The standard InChI is InChI=1S/C31H43NO/c1-2-3-4-5-6-7-8-9-10-11-12-13-14-15-16-17-26-33-31-24-22-30(23-25-31)29-20-18-28(27-32)19-21-29/h9-10,18-25H,2-8,11-17,26H2,1H3. The Kier molecular flexibility index (Phi) is 14.5. The first-order chi connectivity index (χ1) is 16.3. The second-order valence-electron chi connectivity index (χ2n) is 9.00. The van der Waals surface area contributed by atoms with E-state index in [1.165, 1.54) is 83.5 Å². The van der Waals surface area contributed by atoms with E-state index in [0.717, 1.165) is 29.9 Å². The van der Waals surface area contributed by atoms with E-state index in [1.54, 1.807) is 0 Å². The lowest BCUT2D eigenvalue weighted by Gasteiger charge is -2.08. The van der Waals surface area contributed by atoms with Gasteiger partial charge in [-0.25, -0.2) is 0 Å². The fraction of sp³-hybridized carbons (Fsp3) is 0.516. The van der Waals surface area contributed by atoms with Gasteiger partial charge in [-0.1, -0.05) is 101 Å². The third kappa shape index (κ3) is 12.3. The first-order valence-corrected chi connectivity index (χ1v) is 13.2. The van der Waals surface area contributed by atoms with Crippen LogP contribution in [-0.2, 0) is 0 Å². The molecule has 2 aromatic rings. The number of allylic oxidation sites excluding steroid dienone is 2. The minimum absolute atomic E-state index is 0.689. The summed E-state index contributed by atoms with van der Waals surface area (Å²) in [7, 11) is 0. The van der Waals surface area contributed by atoms with Gasteiger partial charge in [-0.15, -0.1) is 0 Å². The van der Waals surface area contributed by atoms with Gasteiger partial charge in [-0.05, 0) is 67.5 Å². The maximum absolute atomic E-state index is 8.91. The lowest BCUT2D eigenvalue weighted by molar-refractivity contribution is 0.304. The van der Waals surface area contributed by atoms with Crippen molar-refractivity contribution in [3.63, 3.8) is 0 Å². The zero-order chi connectivity index (χ0) is 23.4. The van der Waals surface area contributed by atoms with Crippen molar-refractivity contribution >= 4 is 0 Å². The SMILES string of the molecule is CCCCCCCCC=CCCCCCCCCOc1ccc(-c2ccc(C#N)cc2)cc1. The van der Waals surface area contributed by atoms with E-state index in [0.29, 0.717) is 5.56 Å². The Balaban J connectivity index is 1.42. The molecule has 0 aliphatic heterocycles. The second kappa shape index (κ2) is 18.0. The quantitative estimate of drug-likeness (QED) is 0.169. The topological polar surface area (TPSA) is 33.0 Å². The molecule has 0 N–H and O–H groups in total. The van der Waals surface area contributed by atoms with Gasteiger partial charge in [0.25, 0.3) is 0 Å². The fourth-order valence-electron chi connectivity index (χ4n) is 4.02. The Labute approximate surface area is 202 Å². The van der Waals surface area contributed by atoms with Crippen molar-refractivity contribution in [2.75, 3.05) is 6.61 Å². The molecule has 2 heteroatoms. The molecule has 0 heterocycles. The van der Waals surface area contributed by atoms with Crippen molar-refractivity contribution in [2.24, 2.45) is 0 Å².